The molecule has 0 aromatic rings. The summed E-state index contributed by atoms with van der Waals surface area (Å²) in [4.78, 5) is 13.0. The first-order valence-corrected chi connectivity index (χ1v) is 7.12. The molecule has 0 radical (unpaired) electrons. The molecule has 2 heterocycles. The maximum absolute atomic E-state index is 14.5. The maximum Gasteiger partial charge on any atom is 0.525 e. The summed E-state index contributed by atoms with van der Waals surface area (Å²) in [6, 6.07) is 0. The second-order valence-electron chi connectivity index (χ2n) is 6.55. The third kappa shape index (κ3) is 2.77. The topological polar surface area (TPSA) is 38.8 Å². The highest BCUT2D eigenvalue weighted by Crippen LogP contribution is 2.40. The van der Waals surface area contributed by atoms with Crippen LogP contribution in [0.1, 0.15) is 47.5 Å². The van der Waals surface area contributed by atoms with Crippen LogP contribution in [0.3, 0.4) is 0 Å². The van der Waals surface area contributed by atoms with Crippen LogP contribution in [0.15, 0.2) is 11.3 Å². The number of likely N-dealkylation sites (tertiary alicyclic amines) is 1. The molecular weight excluding hydrogens is 260 g/mol. The van der Waals surface area contributed by atoms with E-state index in [4.69, 9.17) is 9.31 Å². The summed E-state index contributed by atoms with van der Waals surface area (Å²) in [6.45, 7) is 10.3. The highest BCUT2D eigenvalue weighted by molar-refractivity contribution is 6.53. The zero-order chi connectivity index (χ0) is 15.1. The van der Waals surface area contributed by atoms with Crippen LogP contribution in [0.25, 0.3) is 0 Å². The van der Waals surface area contributed by atoms with E-state index in [1.807, 2.05) is 27.7 Å². The standard InChI is InChI=1S/C14H23BFNO3/c1-10(18)17-8-6-11(7-9-17)12(16)15-19-13(2,3)14(4,5)20-15/h6-9H2,1-5H3. The van der Waals surface area contributed by atoms with E-state index in [0.29, 0.717) is 31.5 Å². The lowest BCUT2D eigenvalue weighted by atomic mass is 9.82. The van der Waals surface area contributed by atoms with Crippen LogP contribution in [0.4, 0.5) is 4.39 Å². The zero-order valence-corrected chi connectivity index (χ0v) is 13.0. The number of rotatable bonds is 1. The van der Waals surface area contributed by atoms with Crippen molar-refractivity contribution in [3.8, 4) is 0 Å². The number of halogens is 1. The van der Waals surface area contributed by atoms with Gasteiger partial charge in [-0.3, -0.25) is 4.79 Å². The van der Waals surface area contributed by atoms with Gasteiger partial charge in [0, 0.05) is 20.0 Å². The third-order valence-electron chi connectivity index (χ3n) is 4.61. The van der Waals surface area contributed by atoms with Crippen molar-refractivity contribution in [2.45, 2.75) is 58.7 Å². The molecule has 0 bridgehead atoms. The fourth-order valence-electron chi connectivity index (χ4n) is 2.44. The molecule has 2 saturated heterocycles. The van der Waals surface area contributed by atoms with E-state index < -0.39 is 18.3 Å². The highest BCUT2D eigenvalue weighted by Gasteiger charge is 2.53. The Hall–Kier alpha value is -0.875. The molecule has 20 heavy (non-hydrogen) atoms. The van der Waals surface area contributed by atoms with E-state index in [0.717, 1.165) is 0 Å². The Kier molecular flexibility index (Phi) is 3.99. The predicted octanol–water partition coefficient (Wildman–Crippen LogP) is 2.48. The number of amides is 1. The Morgan fingerprint density at radius 1 is 1.15 bits per heavy atom. The van der Waals surface area contributed by atoms with Crippen LogP contribution < -0.4 is 0 Å². The molecule has 0 atom stereocenters. The van der Waals surface area contributed by atoms with E-state index in [1.54, 1.807) is 11.8 Å². The first kappa shape index (κ1) is 15.5. The van der Waals surface area contributed by atoms with Crippen LogP contribution in [-0.2, 0) is 14.1 Å². The molecule has 4 nitrogen and oxygen atoms in total. The van der Waals surface area contributed by atoms with Crippen molar-refractivity contribution >= 4 is 13.0 Å². The molecule has 0 spiro atoms. The monoisotopic (exact) mass is 283 g/mol. The average Bonchev–Trinajstić information content (AvgIpc) is 2.57. The number of hydrogen-bond acceptors (Lipinski definition) is 3. The summed E-state index contributed by atoms with van der Waals surface area (Å²) in [5.74, 6) is 0.0418. The molecule has 2 rings (SSSR count). The Bertz CT molecular complexity index is 422. The number of nitrogens with zero attached hydrogens (tertiary/aromatic N) is 1. The van der Waals surface area contributed by atoms with Gasteiger partial charge in [0.05, 0.1) is 11.2 Å². The van der Waals surface area contributed by atoms with Crippen molar-refractivity contribution in [1.82, 2.24) is 4.90 Å². The van der Waals surface area contributed by atoms with Crippen LogP contribution in [0.2, 0.25) is 0 Å². The van der Waals surface area contributed by atoms with Gasteiger partial charge in [0.1, 0.15) is 5.73 Å². The van der Waals surface area contributed by atoms with Gasteiger partial charge in [0.15, 0.2) is 0 Å². The van der Waals surface area contributed by atoms with Crippen molar-refractivity contribution in [3.05, 3.63) is 11.3 Å². The van der Waals surface area contributed by atoms with Gasteiger partial charge in [-0.25, -0.2) is 4.39 Å². The first-order valence-electron chi connectivity index (χ1n) is 7.12. The molecule has 6 heteroatoms. The first-order chi connectivity index (χ1) is 9.14. The summed E-state index contributed by atoms with van der Waals surface area (Å²) >= 11 is 0. The van der Waals surface area contributed by atoms with Crippen LogP contribution in [-0.4, -0.2) is 42.2 Å². The molecule has 0 aromatic heterocycles. The lowest BCUT2D eigenvalue weighted by Gasteiger charge is -2.32. The SMILES string of the molecule is CC(=O)N1CCC(=C(F)B2OC(C)(C)C(C)(C)O2)CC1. The molecule has 112 valence electrons. The summed E-state index contributed by atoms with van der Waals surface area (Å²) in [5.41, 5.74) is -0.668. The van der Waals surface area contributed by atoms with Gasteiger partial charge in [-0.05, 0) is 46.1 Å². The zero-order valence-electron chi connectivity index (χ0n) is 13.0. The van der Waals surface area contributed by atoms with E-state index in [-0.39, 0.29) is 11.6 Å². The molecule has 0 aromatic carbocycles. The van der Waals surface area contributed by atoms with Crippen molar-refractivity contribution in [2.75, 3.05) is 13.1 Å². The van der Waals surface area contributed by atoms with E-state index in [2.05, 4.69) is 0 Å². The minimum absolute atomic E-state index is 0.0418. The average molecular weight is 283 g/mol. The fraction of sp³-hybridized carbons (Fsp3) is 0.786. The highest BCUT2D eigenvalue weighted by atomic mass is 19.1. The molecule has 0 N–H and O–H groups in total. The van der Waals surface area contributed by atoms with Gasteiger partial charge < -0.3 is 14.2 Å². The van der Waals surface area contributed by atoms with Gasteiger partial charge in [-0.2, -0.15) is 0 Å². The Labute approximate surface area is 120 Å². The van der Waals surface area contributed by atoms with Gasteiger partial charge in [0.25, 0.3) is 0 Å². The third-order valence-corrected chi connectivity index (χ3v) is 4.61. The Morgan fingerprint density at radius 2 is 1.60 bits per heavy atom. The minimum atomic E-state index is -0.918. The van der Waals surface area contributed by atoms with Crippen molar-refractivity contribution in [1.29, 1.82) is 0 Å². The van der Waals surface area contributed by atoms with Crippen LogP contribution in [0.5, 0.6) is 0 Å². The number of carbonyl (C=O) groups is 1. The van der Waals surface area contributed by atoms with E-state index >= 15 is 0 Å². The smallest absolute Gasteiger partial charge is 0.398 e. The minimum Gasteiger partial charge on any atom is -0.398 e. The lowest BCUT2D eigenvalue weighted by molar-refractivity contribution is -0.129. The molecular formula is C14H23BFNO3. The molecule has 0 saturated carbocycles. The summed E-state index contributed by atoms with van der Waals surface area (Å²) in [5, 5.41) is 0. The van der Waals surface area contributed by atoms with Crippen molar-refractivity contribution in [2.24, 2.45) is 0 Å². The fourth-order valence-corrected chi connectivity index (χ4v) is 2.44. The molecule has 0 aliphatic carbocycles. The van der Waals surface area contributed by atoms with Crippen molar-refractivity contribution in [3.63, 3.8) is 0 Å². The number of piperidine rings is 1. The van der Waals surface area contributed by atoms with Gasteiger partial charge in [-0.1, -0.05) is 0 Å². The molecule has 2 fully saturated rings. The lowest BCUT2D eigenvalue weighted by Crippen LogP contribution is -2.41. The Morgan fingerprint density at radius 3 is 2.00 bits per heavy atom. The van der Waals surface area contributed by atoms with Gasteiger partial charge in [-0.15, -0.1) is 0 Å². The predicted molar refractivity (Wildman–Crippen MR) is 75.7 cm³/mol. The second-order valence-corrected chi connectivity index (χ2v) is 6.55. The van der Waals surface area contributed by atoms with E-state index in [1.165, 1.54) is 0 Å². The molecule has 2 aliphatic rings. The summed E-state index contributed by atoms with van der Waals surface area (Å²) in [7, 11) is -0.918. The second kappa shape index (κ2) is 5.15. The number of hydrogen-bond donors (Lipinski definition) is 0. The number of carbonyl (C=O) groups excluding carboxylic acids is 1. The van der Waals surface area contributed by atoms with E-state index in [9.17, 15) is 9.18 Å². The van der Waals surface area contributed by atoms with Crippen LogP contribution >= 0.6 is 0 Å². The van der Waals surface area contributed by atoms with Crippen molar-refractivity contribution < 1.29 is 18.5 Å². The van der Waals surface area contributed by atoms with Gasteiger partial charge in [0.2, 0.25) is 5.91 Å². The maximum atomic E-state index is 14.5. The normalized spacial score (nSPS) is 25.0. The van der Waals surface area contributed by atoms with Crippen LogP contribution in [0, 0.1) is 0 Å². The molecule has 0 unspecified atom stereocenters. The van der Waals surface area contributed by atoms with Gasteiger partial charge >= 0.3 is 7.12 Å². The quantitative estimate of drug-likeness (QED) is 0.694. The molecule has 2 aliphatic heterocycles. The molecule has 1 amide bonds. The summed E-state index contributed by atoms with van der Waals surface area (Å²) in [6.07, 6.45) is 1.10. The Balaban J connectivity index is 2.08. The largest absolute Gasteiger partial charge is 0.525 e. The summed E-state index contributed by atoms with van der Waals surface area (Å²) < 4.78 is 26.0.